The molecule has 10 heteroatoms. The van der Waals surface area contributed by atoms with Gasteiger partial charge in [0.2, 0.25) is 0 Å². The van der Waals surface area contributed by atoms with Gasteiger partial charge in [-0.15, -0.1) is 10.1 Å². The molecule has 0 radical (unpaired) electrons. The van der Waals surface area contributed by atoms with Gasteiger partial charge in [-0.25, -0.2) is 4.98 Å². The highest BCUT2D eigenvalue weighted by atomic mass is 35.5. The van der Waals surface area contributed by atoms with Crippen molar-refractivity contribution in [3.05, 3.63) is 91.0 Å². The minimum absolute atomic E-state index is 0.0124. The van der Waals surface area contributed by atoms with Crippen LogP contribution in [0.4, 0.5) is 0 Å². The number of benzene rings is 2. The predicted octanol–water partition coefficient (Wildman–Crippen LogP) is 4.69. The smallest absolute Gasteiger partial charge is 0.291 e. The van der Waals surface area contributed by atoms with Crippen molar-refractivity contribution in [1.29, 1.82) is 0 Å². The first kappa shape index (κ1) is 23.6. The van der Waals surface area contributed by atoms with Crippen molar-refractivity contribution in [2.24, 2.45) is 0 Å². The lowest BCUT2D eigenvalue weighted by atomic mass is 9.99. The van der Waals surface area contributed by atoms with E-state index in [9.17, 15) is 0 Å². The number of hydrogen-bond donors (Lipinski definition) is 2. The number of hydrogen-bond acceptors (Lipinski definition) is 5. The van der Waals surface area contributed by atoms with Gasteiger partial charge in [0.25, 0.3) is 5.09 Å². The van der Waals surface area contributed by atoms with Crippen molar-refractivity contribution in [1.82, 2.24) is 20.1 Å². The summed E-state index contributed by atoms with van der Waals surface area (Å²) in [7, 11) is 0. The van der Waals surface area contributed by atoms with Gasteiger partial charge in [-0.05, 0) is 55.2 Å². The van der Waals surface area contributed by atoms with E-state index in [0.29, 0.717) is 16.6 Å². The normalized spacial score (nSPS) is 11.5. The molecule has 8 nitrogen and oxygen atoms in total. The quantitative estimate of drug-likeness (QED) is 0.415. The van der Waals surface area contributed by atoms with E-state index in [2.05, 4.69) is 48.3 Å². The van der Waals surface area contributed by atoms with Crippen molar-refractivity contribution < 1.29 is 10.3 Å². The van der Waals surface area contributed by atoms with Crippen molar-refractivity contribution in [3.8, 4) is 0 Å². The molecular formula is C20H23Cl2N5O3. The lowest BCUT2D eigenvalue weighted by molar-refractivity contribution is -0.742. The van der Waals surface area contributed by atoms with Crippen LogP contribution >= 0.6 is 23.2 Å². The van der Waals surface area contributed by atoms with Gasteiger partial charge in [-0.1, -0.05) is 47.0 Å². The Balaban J connectivity index is 0.000000735. The molecule has 1 atom stereocenters. The molecule has 1 heterocycles. The fourth-order valence-corrected chi connectivity index (χ4v) is 3.83. The van der Waals surface area contributed by atoms with Crippen molar-refractivity contribution in [2.45, 2.75) is 39.9 Å². The predicted molar refractivity (Wildman–Crippen MR) is 115 cm³/mol. The SMILES string of the molecule is Cc1cc(C)c(CNC(Cn2cncn2)c2ccc(Cl)cc2Cl)c(C)c1.O=[N+]([O-])O. The summed E-state index contributed by atoms with van der Waals surface area (Å²) in [6, 6.07) is 10.0. The van der Waals surface area contributed by atoms with Crippen molar-refractivity contribution in [3.63, 3.8) is 0 Å². The molecule has 0 saturated heterocycles. The number of nitrogens with one attached hydrogen (secondary N) is 1. The Hall–Kier alpha value is -2.68. The average Bonchev–Trinajstić information content (AvgIpc) is 3.12. The zero-order valence-corrected chi connectivity index (χ0v) is 18.4. The topological polar surface area (TPSA) is 106 Å². The monoisotopic (exact) mass is 451 g/mol. The molecule has 0 spiro atoms. The van der Waals surface area contributed by atoms with Crippen LogP contribution in [0.5, 0.6) is 0 Å². The number of aryl methyl sites for hydroxylation is 3. The van der Waals surface area contributed by atoms with Gasteiger partial charge in [0.1, 0.15) is 12.7 Å². The molecule has 1 unspecified atom stereocenters. The Kier molecular flexibility index (Phi) is 8.58. The van der Waals surface area contributed by atoms with Gasteiger partial charge < -0.3 is 10.5 Å². The maximum absolute atomic E-state index is 8.36. The van der Waals surface area contributed by atoms with Gasteiger partial charge in [0.15, 0.2) is 0 Å². The second kappa shape index (κ2) is 10.9. The summed E-state index contributed by atoms with van der Waals surface area (Å²) in [5, 5.41) is 22.8. The molecule has 0 aliphatic heterocycles. The zero-order valence-electron chi connectivity index (χ0n) is 16.8. The fourth-order valence-electron chi connectivity index (χ4n) is 3.29. The third kappa shape index (κ3) is 6.98. The average molecular weight is 452 g/mol. The first-order valence-corrected chi connectivity index (χ1v) is 9.83. The Bertz CT molecular complexity index is 969. The molecule has 0 saturated carbocycles. The Morgan fingerprint density at radius 3 is 2.37 bits per heavy atom. The molecule has 30 heavy (non-hydrogen) atoms. The lowest BCUT2D eigenvalue weighted by Crippen LogP contribution is -2.26. The van der Waals surface area contributed by atoms with Gasteiger partial charge in [0, 0.05) is 16.6 Å². The first-order valence-electron chi connectivity index (χ1n) is 9.08. The fraction of sp³-hybridized carbons (Fsp3) is 0.300. The number of halogens is 2. The number of rotatable bonds is 6. The zero-order chi connectivity index (χ0) is 22.3. The molecule has 0 aliphatic rings. The highest BCUT2D eigenvalue weighted by Crippen LogP contribution is 2.28. The Morgan fingerprint density at radius 2 is 1.83 bits per heavy atom. The second-order valence-electron chi connectivity index (χ2n) is 6.83. The van der Waals surface area contributed by atoms with E-state index in [-0.39, 0.29) is 6.04 Å². The second-order valence-corrected chi connectivity index (χ2v) is 7.68. The third-order valence-corrected chi connectivity index (χ3v) is 5.10. The van der Waals surface area contributed by atoms with E-state index in [1.807, 2.05) is 12.1 Å². The van der Waals surface area contributed by atoms with Crippen molar-refractivity contribution >= 4 is 23.2 Å². The van der Waals surface area contributed by atoms with Crippen molar-refractivity contribution in [2.75, 3.05) is 0 Å². The summed E-state index contributed by atoms with van der Waals surface area (Å²) in [6.07, 6.45) is 3.25. The summed E-state index contributed by atoms with van der Waals surface area (Å²) in [4.78, 5) is 12.4. The molecule has 3 rings (SSSR count). The summed E-state index contributed by atoms with van der Waals surface area (Å²) >= 11 is 12.5. The summed E-state index contributed by atoms with van der Waals surface area (Å²) < 4.78 is 1.80. The molecular weight excluding hydrogens is 429 g/mol. The van der Waals surface area contributed by atoms with Gasteiger partial charge in [0.05, 0.1) is 12.6 Å². The third-order valence-electron chi connectivity index (χ3n) is 4.54. The van der Waals surface area contributed by atoms with Gasteiger partial charge >= 0.3 is 0 Å². The molecule has 3 aromatic rings. The van der Waals surface area contributed by atoms with E-state index in [0.717, 1.165) is 12.1 Å². The summed E-state index contributed by atoms with van der Waals surface area (Å²) in [5.41, 5.74) is 6.16. The van der Waals surface area contributed by atoms with Crippen LogP contribution in [-0.4, -0.2) is 25.1 Å². The molecule has 1 aromatic heterocycles. The standard InChI is InChI=1S/C20H22Cl2N4.HNO3/c1-13-6-14(2)18(15(3)7-13)9-24-20(10-26-12-23-11-25-26)17-5-4-16(21)8-19(17)22;2-1(3)4/h4-8,11-12,20,24H,9-10H2,1-3H3;(H,2,3,4). The largest absolute Gasteiger partial charge is 0.328 e. The van der Waals surface area contributed by atoms with E-state index in [1.54, 1.807) is 17.1 Å². The van der Waals surface area contributed by atoms with E-state index >= 15 is 0 Å². The number of aromatic nitrogens is 3. The molecule has 0 aliphatic carbocycles. The Labute approximate surface area is 184 Å². The first-order chi connectivity index (χ1) is 14.2. The highest BCUT2D eigenvalue weighted by Gasteiger charge is 2.17. The maximum atomic E-state index is 8.36. The lowest BCUT2D eigenvalue weighted by Gasteiger charge is -2.22. The summed E-state index contributed by atoms with van der Waals surface area (Å²) in [5.74, 6) is 0. The van der Waals surface area contributed by atoms with Crippen LogP contribution in [0.25, 0.3) is 0 Å². The summed E-state index contributed by atoms with van der Waals surface area (Å²) in [6.45, 7) is 7.80. The molecule has 160 valence electrons. The van der Waals surface area contributed by atoms with Crippen LogP contribution in [-0.2, 0) is 13.1 Å². The van der Waals surface area contributed by atoms with Crippen LogP contribution in [0.15, 0.2) is 43.0 Å². The maximum Gasteiger partial charge on any atom is 0.291 e. The van der Waals surface area contributed by atoms with Crippen LogP contribution in [0.2, 0.25) is 10.0 Å². The van der Waals surface area contributed by atoms with E-state index < -0.39 is 5.09 Å². The molecule has 2 N–H and O–H groups in total. The van der Waals surface area contributed by atoms with Crippen LogP contribution < -0.4 is 5.32 Å². The Morgan fingerprint density at radius 1 is 1.20 bits per heavy atom. The number of nitrogens with zero attached hydrogens (tertiary/aromatic N) is 4. The molecule has 2 aromatic carbocycles. The highest BCUT2D eigenvalue weighted by molar-refractivity contribution is 6.35. The molecule has 0 bridgehead atoms. The minimum atomic E-state index is -1.50. The van der Waals surface area contributed by atoms with Gasteiger partial charge in [-0.2, -0.15) is 5.10 Å². The molecule has 0 amide bonds. The minimum Gasteiger partial charge on any atom is -0.328 e. The molecule has 0 fully saturated rings. The van der Waals surface area contributed by atoms with Crippen LogP contribution in [0.1, 0.15) is 33.9 Å². The van der Waals surface area contributed by atoms with Crippen LogP contribution in [0, 0.1) is 30.9 Å². The van der Waals surface area contributed by atoms with Crippen LogP contribution in [0.3, 0.4) is 0 Å². The van der Waals surface area contributed by atoms with E-state index in [4.69, 9.17) is 38.5 Å². The van der Waals surface area contributed by atoms with Gasteiger partial charge in [-0.3, -0.25) is 4.68 Å². The van der Waals surface area contributed by atoms with E-state index in [1.165, 1.54) is 28.6 Å².